The molecule has 2 aliphatic heterocycles. The van der Waals surface area contributed by atoms with Gasteiger partial charge in [0.25, 0.3) is 0 Å². The predicted octanol–water partition coefficient (Wildman–Crippen LogP) is 3.58. The summed E-state index contributed by atoms with van der Waals surface area (Å²) in [6.07, 6.45) is 2.92. The van der Waals surface area contributed by atoms with Crippen molar-refractivity contribution in [1.29, 1.82) is 0 Å². The van der Waals surface area contributed by atoms with Crippen molar-refractivity contribution in [2.24, 2.45) is 0 Å². The molecule has 2 fully saturated rings. The molecule has 2 atom stereocenters. The lowest BCUT2D eigenvalue weighted by molar-refractivity contribution is -0.0959. The topological polar surface area (TPSA) is 55.8 Å². The Morgan fingerprint density at radius 1 is 1.52 bits per heavy atom. The van der Waals surface area contributed by atoms with Gasteiger partial charge in [0.05, 0.1) is 17.8 Å². The summed E-state index contributed by atoms with van der Waals surface area (Å²) in [5.41, 5.74) is 0.198. The highest BCUT2D eigenvalue weighted by Crippen LogP contribution is 2.39. The lowest BCUT2D eigenvalue weighted by Gasteiger charge is -2.37. The van der Waals surface area contributed by atoms with Gasteiger partial charge >= 0.3 is 5.97 Å². The number of hydrogen-bond acceptors (Lipinski definition) is 4. The number of aromatic carboxylic acids is 1. The zero-order valence-electron chi connectivity index (χ0n) is 11.5. The zero-order valence-corrected chi connectivity index (χ0v) is 13.9. The van der Waals surface area contributed by atoms with Crippen LogP contribution in [0.1, 0.15) is 29.6 Å². The second kappa shape index (κ2) is 6.18. The normalized spacial score (nSPS) is 28.7. The molecule has 2 saturated heterocycles. The number of carbonyl (C=O) groups is 1. The third-order valence-electron chi connectivity index (χ3n) is 3.99. The molecule has 1 spiro atoms. The summed E-state index contributed by atoms with van der Waals surface area (Å²) >= 11 is 5.18. The van der Waals surface area contributed by atoms with E-state index in [0.29, 0.717) is 16.8 Å². The number of thioether (sulfide) groups is 1. The van der Waals surface area contributed by atoms with Crippen LogP contribution < -0.4 is 4.74 Å². The molecule has 0 aromatic heterocycles. The molecule has 2 aliphatic rings. The van der Waals surface area contributed by atoms with Gasteiger partial charge in [-0.15, -0.1) is 0 Å². The Hall–Kier alpha value is -0.720. The van der Waals surface area contributed by atoms with Crippen molar-refractivity contribution < 1.29 is 19.4 Å². The first-order valence-electron chi connectivity index (χ1n) is 6.99. The molecule has 0 aliphatic carbocycles. The molecule has 2 unspecified atom stereocenters. The molecule has 0 saturated carbocycles. The number of carboxylic acid groups (broad SMARTS) is 1. The smallest absolute Gasteiger partial charge is 0.336 e. The third-order valence-corrected chi connectivity index (χ3v) is 5.90. The summed E-state index contributed by atoms with van der Waals surface area (Å²) in [5, 5.41) is 9.16. The van der Waals surface area contributed by atoms with Crippen molar-refractivity contribution >= 4 is 33.7 Å². The molecular formula is C15H17BrO4S. The fraction of sp³-hybridized carbons (Fsp3) is 0.533. The number of rotatable bonds is 3. The number of carboxylic acids is 1. The van der Waals surface area contributed by atoms with E-state index in [9.17, 15) is 4.79 Å². The van der Waals surface area contributed by atoms with E-state index < -0.39 is 5.97 Å². The summed E-state index contributed by atoms with van der Waals surface area (Å²) in [4.78, 5) is 11.2. The fourth-order valence-corrected chi connectivity index (χ4v) is 4.68. The summed E-state index contributed by atoms with van der Waals surface area (Å²) in [6, 6.07) is 5.11. The number of halogens is 1. The zero-order chi connectivity index (χ0) is 14.9. The van der Waals surface area contributed by atoms with Gasteiger partial charge in [0.1, 0.15) is 11.9 Å². The standard InChI is InChI=1S/C15H17BrO4S/c16-13-2-1-10(7-12(13)14(17)18)20-11-3-5-19-15(8-11)4-6-21-9-15/h1-2,7,11H,3-6,8-9H2,(H,17,18). The van der Waals surface area contributed by atoms with Gasteiger partial charge in [-0.05, 0) is 46.3 Å². The lowest BCUT2D eigenvalue weighted by atomic mass is 9.91. The van der Waals surface area contributed by atoms with Crippen LogP contribution in [-0.2, 0) is 4.74 Å². The van der Waals surface area contributed by atoms with Crippen molar-refractivity contribution in [2.45, 2.75) is 31.0 Å². The molecule has 0 bridgehead atoms. The van der Waals surface area contributed by atoms with E-state index in [1.807, 2.05) is 17.8 Å². The molecule has 114 valence electrons. The molecule has 2 heterocycles. The Morgan fingerprint density at radius 2 is 2.38 bits per heavy atom. The minimum absolute atomic E-state index is 0.0292. The Balaban J connectivity index is 1.71. The molecule has 1 aromatic rings. The minimum Gasteiger partial charge on any atom is -0.490 e. The SMILES string of the molecule is O=C(O)c1cc(OC2CCOC3(CCSC3)C2)ccc1Br. The van der Waals surface area contributed by atoms with Crippen molar-refractivity contribution in [3.8, 4) is 5.75 Å². The van der Waals surface area contributed by atoms with Crippen LogP contribution in [0.5, 0.6) is 5.75 Å². The molecule has 4 nitrogen and oxygen atoms in total. The van der Waals surface area contributed by atoms with Crippen molar-refractivity contribution in [1.82, 2.24) is 0 Å². The molecule has 0 radical (unpaired) electrons. The van der Waals surface area contributed by atoms with Crippen LogP contribution in [0, 0.1) is 0 Å². The maximum Gasteiger partial charge on any atom is 0.336 e. The monoisotopic (exact) mass is 372 g/mol. The molecule has 1 N–H and O–H groups in total. The van der Waals surface area contributed by atoms with Gasteiger partial charge in [-0.25, -0.2) is 4.79 Å². The largest absolute Gasteiger partial charge is 0.490 e. The third kappa shape index (κ3) is 3.38. The first-order chi connectivity index (χ1) is 10.1. The molecule has 3 rings (SSSR count). The maximum atomic E-state index is 11.2. The first-order valence-corrected chi connectivity index (χ1v) is 8.94. The highest BCUT2D eigenvalue weighted by Gasteiger charge is 2.41. The van der Waals surface area contributed by atoms with Gasteiger partial charge in [-0.2, -0.15) is 11.8 Å². The minimum atomic E-state index is -0.956. The second-order valence-corrected chi connectivity index (χ2v) is 7.47. The average Bonchev–Trinajstić information content (AvgIpc) is 2.88. The van der Waals surface area contributed by atoms with Crippen molar-refractivity contribution in [2.75, 3.05) is 18.1 Å². The Kier molecular flexibility index (Phi) is 4.47. The number of hydrogen-bond donors (Lipinski definition) is 1. The molecule has 21 heavy (non-hydrogen) atoms. The van der Waals surface area contributed by atoms with Gasteiger partial charge in [0.2, 0.25) is 0 Å². The second-order valence-electron chi connectivity index (χ2n) is 5.51. The maximum absolute atomic E-state index is 11.2. The summed E-state index contributed by atoms with van der Waals surface area (Å²) < 4.78 is 12.6. The van der Waals surface area contributed by atoms with E-state index >= 15 is 0 Å². The van der Waals surface area contributed by atoms with Crippen LogP contribution in [0.25, 0.3) is 0 Å². The van der Waals surface area contributed by atoms with Gasteiger partial charge in [0.15, 0.2) is 0 Å². The van der Waals surface area contributed by atoms with Gasteiger partial charge in [-0.3, -0.25) is 0 Å². The van der Waals surface area contributed by atoms with Gasteiger partial charge in [-0.1, -0.05) is 0 Å². The Bertz CT molecular complexity index is 542. The van der Waals surface area contributed by atoms with Crippen LogP contribution in [-0.4, -0.2) is 40.9 Å². The molecule has 0 amide bonds. The van der Waals surface area contributed by atoms with Gasteiger partial charge < -0.3 is 14.6 Å². The van der Waals surface area contributed by atoms with Gasteiger partial charge in [0, 0.05) is 23.1 Å². The number of benzene rings is 1. The fourth-order valence-electron chi connectivity index (χ4n) is 2.88. The molecule has 1 aromatic carbocycles. The van der Waals surface area contributed by atoms with E-state index in [0.717, 1.165) is 30.8 Å². The van der Waals surface area contributed by atoms with Crippen LogP contribution >= 0.6 is 27.7 Å². The Morgan fingerprint density at radius 3 is 3.10 bits per heavy atom. The molecule has 6 heteroatoms. The number of ether oxygens (including phenoxy) is 2. The lowest BCUT2D eigenvalue weighted by Crippen LogP contribution is -2.43. The summed E-state index contributed by atoms with van der Waals surface area (Å²) in [5.74, 6) is 1.84. The molecular weight excluding hydrogens is 356 g/mol. The summed E-state index contributed by atoms with van der Waals surface area (Å²) in [6.45, 7) is 0.716. The van der Waals surface area contributed by atoms with Crippen LogP contribution in [0.15, 0.2) is 22.7 Å². The highest BCUT2D eigenvalue weighted by atomic mass is 79.9. The van der Waals surface area contributed by atoms with E-state index in [1.54, 1.807) is 12.1 Å². The van der Waals surface area contributed by atoms with Crippen LogP contribution in [0.3, 0.4) is 0 Å². The van der Waals surface area contributed by atoms with E-state index in [4.69, 9.17) is 14.6 Å². The van der Waals surface area contributed by atoms with E-state index in [-0.39, 0.29) is 17.3 Å². The van der Waals surface area contributed by atoms with E-state index in [1.165, 1.54) is 0 Å². The quantitative estimate of drug-likeness (QED) is 0.878. The van der Waals surface area contributed by atoms with Crippen LogP contribution in [0.4, 0.5) is 0 Å². The van der Waals surface area contributed by atoms with E-state index in [2.05, 4.69) is 15.9 Å². The van der Waals surface area contributed by atoms with Crippen LogP contribution in [0.2, 0.25) is 0 Å². The average molecular weight is 373 g/mol. The highest BCUT2D eigenvalue weighted by molar-refractivity contribution is 9.10. The first kappa shape index (κ1) is 15.2. The predicted molar refractivity (Wildman–Crippen MR) is 85.4 cm³/mol. The van der Waals surface area contributed by atoms with Crippen molar-refractivity contribution in [3.05, 3.63) is 28.2 Å². The Labute approximate surface area is 136 Å². The summed E-state index contributed by atoms with van der Waals surface area (Å²) in [7, 11) is 0. The van der Waals surface area contributed by atoms with Crippen molar-refractivity contribution in [3.63, 3.8) is 0 Å².